The van der Waals surface area contributed by atoms with Crippen LogP contribution in [0, 0.1) is 0 Å². The molecule has 0 radical (unpaired) electrons. The predicted molar refractivity (Wildman–Crippen MR) is 103 cm³/mol. The fraction of sp³-hybridized carbons (Fsp3) is 0.579. The second-order valence-electron chi connectivity index (χ2n) is 7.62. The highest BCUT2D eigenvalue weighted by atomic mass is 32.1. The minimum absolute atomic E-state index is 0.115. The number of hydrogen-bond donors (Lipinski definition) is 2. The summed E-state index contributed by atoms with van der Waals surface area (Å²) in [5, 5.41) is 15.0. The number of ether oxygens (including phenoxy) is 1. The SMILES string of the molecule is CC(=O)N[C@@]1(C)CCOC2(CCN(c3nc4ccccc4s3)CC2)[C@@H]1O. The maximum atomic E-state index is 11.6. The van der Waals surface area contributed by atoms with Crippen LogP contribution >= 0.6 is 11.3 Å². The molecule has 4 rings (SSSR count). The quantitative estimate of drug-likeness (QED) is 0.843. The number of benzene rings is 1. The fourth-order valence-corrected chi connectivity index (χ4v) is 5.30. The number of fused-ring (bicyclic) bond motifs is 1. The topological polar surface area (TPSA) is 74.7 Å². The average molecular weight is 375 g/mol. The zero-order valence-electron chi connectivity index (χ0n) is 15.2. The van der Waals surface area contributed by atoms with Crippen LogP contribution < -0.4 is 10.2 Å². The van der Waals surface area contributed by atoms with E-state index in [9.17, 15) is 9.90 Å². The predicted octanol–water partition coefficient (Wildman–Crippen LogP) is 2.31. The van der Waals surface area contributed by atoms with E-state index < -0.39 is 17.2 Å². The number of amides is 1. The van der Waals surface area contributed by atoms with Crippen LogP contribution in [0.2, 0.25) is 0 Å². The van der Waals surface area contributed by atoms with Crippen molar-refractivity contribution in [2.45, 2.75) is 50.4 Å². The number of aromatic nitrogens is 1. The van der Waals surface area contributed by atoms with Crippen LogP contribution in [0.4, 0.5) is 5.13 Å². The van der Waals surface area contributed by atoms with E-state index in [-0.39, 0.29) is 5.91 Å². The molecule has 0 bridgehead atoms. The van der Waals surface area contributed by atoms with Gasteiger partial charge in [-0.15, -0.1) is 0 Å². The first-order chi connectivity index (χ1) is 12.4. The number of aliphatic hydroxyl groups is 1. The number of aliphatic hydroxyl groups excluding tert-OH is 1. The Hall–Kier alpha value is -1.70. The van der Waals surface area contributed by atoms with Gasteiger partial charge in [-0.05, 0) is 38.3 Å². The largest absolute Gasteiger partial charge is 0.388 e. The highest BCUT2D eigenvalue weighted by molar-refractivity contribution is 7.22. The number of carbonyl (C=O) groups is 1. The van der Waals surface area contributed by atoms with Crippen LogP contribution in [-0.4, -0.2) is 52.9 Å². The normalized spacial score (nSPS) is 28.4. The molecule has 2 aromatic rings. The smallest absolute Gasteiger partial charge is 0.217 e. The Morgan fingerprint density at radius 3 is 2.77 bits per heavy atom. The van der Waals surface area contributed by atoms with Gasteiger partial charge >= 0.3 is 0 Å². The van der Waals surface area contributed by atoms with E-state index in [1.807, 2.05) is 25.1 Å². The lowest BCUT2D eigenvalue weighted by Crippen LogP contribution is -2.69. The number of anilines is 1. The highest BCUT2D eigenvalue weighted by Crippen LogP contribution is 2.41. The first kappa shape index (κ1) is 17.7. The van der Waals surface area contributed by atoms with Gasteiger partial charge in [-0.1, -0.05) is 23.5 Å². The van der Waals surface area contributed by atoms with Crippen molar-refractivity contribution in [2.24, 2.45) is 0 Å². The van der Waals surface area contributed by atoms with Crippen LogP contribution in [0.15, 0.2) is 24.3 Å². The molecule has 1 aromatic carbocycles. The van der Waals surface area contributed by atoms with Crippen molar-refractivity contribution >= 4 is 32.6 Å². The third-order valence-electron chi connectivity index (χ3n) is 5.74. The molecule has 0 saturated carbocycles. The Morgan fingerprint density at radius 1 is 1.35 bits per heavy atom. The zero-order chi connectivity index (χ0) is 18.4. The Balaban J connectivity index is 1.50. The van der Waals surface area contributed by atoms with Crippen LogP contribution in [0.5, 0.6) is 0 Å². The van der Waals surface area contributed by atoms with Crippen molar-refractivity contribution in [1.82, 2.24) is 10.3 Å². The van der Waals surface area contributed by atoms with Gasteiger partial charge in [0.05, 0.1) is 21.4 Å². The van der Waals surface area contributed by atoms with Gasteiger partial charge in [-0.2, -0.15) is 0 Å². The van der Waals surface area contributed by atoms with Crippen molar-refractivity contribution in [1.29, 1.82) is 0 Å². The first-order valence-corrected chi connectivity index (χ1v) is 9.95. The average Bonchev–Trinajstić information content (AvgIpc) is 3.04. The van der Waals surface area contributed by atoms with Gasteiger partial charge in [0, 0.05) is 26.6 Å². The molecule has 0 aliphatic carbocycles. The van der Waals surface area contributed by atoms with Gasteiger partial charge in [0.2, 0.25) is 5.91 Å². The Bertz CT molecular complexity index is 782. The third-order valence-corrected chi connectivity index (χ3v) is 6.83. The molecule has 140 valence electrons. The van der Waals surface area contributed by atoms with Gasteiger partial charge in [0.15, 0.2) is 5.13 Å². The van der Waals surface area contributed by atoms with E-state index in [1.54, 1.807) is 11.3 Å². The van der Waals surface area contributed by atoms with Crippen molar-refractivity contribution in [3.8, 4) is 0 Å². The van der Waals surface area contributed by atoms with Gasteiger partial charge in [0.25, 0.3) is 0 Å². The summed E-state index contributed by atoms with van der Waals surface area (Å²) in [6.07, 6.45) is 1.35. The van der Waals surface area contributed by atoms with E-state index in [0.29, 0.717) is 13.0 Å². The maximum Gasteiger partial charge on any atom is 0.217 e. The Labute approximate surface area is 157 Å². The number of thiazole rings is 1. The van der Waals surface area contributed by atoms with Crippen LogP contribution in [0.3, 0.4) is 0 Å². The van der Waals surface area contributed by atoms with Gasteiger partial charge in [-0.3, -0.25) is 4.79 Å². The minimum atomic E-state index is -0.717. The molecule has 7 heteroatoms. The lowest BCUT2D eigenvalue weighted by Gasteiger charge is -2.53. The molecule has 1 aromatic heterocycles. The van der Waals surface area contributed by atoms with Crippen molar-refractivity contribution in [2.75, 3.05) is 24.6 Å². The summed E-state index contributed by atoms with van der Waals surface area (Å²) in [7, 11) is 0. The van der Waals surface area contributed by atoms with E-state index in [2.05, 4.69) is 16.3 Å². The molecular formula is C19H25N3O3S. The molecule has 1 spiro atoms. The van der Waals surface area contributed by atoms with Gasteiger partial charge < -0.3 is 20.1 Å². The Morgan fingerprint density at radius 2 is 2.08 bits per heavy atom. The number of piperidine rings is 1. The fourth-order valence-electron chi connectivity index (χ4n) is 4.29. The molecule has 2 fully saturated rings. The number of nitrogens with zero attached hydrogens (tertiary/aromatic N) is 2. The monoisotopic (exact) mass is 375 g/mol. The van der Waals surface area contributed by atoms with E-state index in [1.165, 1.54) is 11.6 Å². The molecule has 0 unspecified atom stereocenters. The lowest BCUT2D eigenvalue weighted by atomic mass is 9.73. The van der Waals surface area contributed by atoms with Crippen LogP contribution in [0.25, 0.3) is 10.2 Å². The second-order valence-corrected chi connectivity index (χ2v) is 8.62. The van der Waals surface area contributed by atoms with Crippen molar-refractivity contribution < 1.29 is 14.6 Å². The maximum absolute atomic E-state index is 11.6. The number of hydrogen-bond acceptors (Lipinski definition) is 6. The van der Waals surface area contributed by atoms with Gasteiger partial charge in [-0.25, -0.2) is 4.98 Å². The number of rotatable bonds is 2. The summed E-state index contributed by atoms with van der Waals surface area (Å²) in [6.45, 7) is 5.54. The van der Waals surface area contributed by atoms with E-state index >= 15 is 0 Å². The number of para-hydroxylation sites is 1. The molecule has 26 heavy (non-hydrogen) atoms. The second kappa shape index (κ2) is 6.48. The van der Waals surface area contributed by atoms with E-state index in [0.717, 1.165) is 36.6 Å². The number of nitrogens with one attached hydrogen (secondary N) is 1. The summed E-state index contributed by atoms with van der Waals surface area (Å²) >= 11 is 1.70. The molecule has 2 aliphatic heterocycles. The van der Waals surface area contributed by atoms with Crippen LogP contribution in [0.1, 0.15) is 33.1 Å². The molecule has 2 N–H and O–H groups in total. The molecule has 3 heterocycles. The van der Waals surface area contributed by atoms with Crippen molar-refractivity contribution in [3.05, 3.63) is 24.3 Å². The van der Waals surface area contributed by atoms with E-state index in [4.69, 9.17) is 9.72 Å². The first-order valence-electron chi connectivity index (χ1n) is 9.13. The molecule has 1 amide bonds. The number of carbonyl (C=O) groups excluding carboxylic acids is 1. The minimum Gasteiger partial charge on any atom is -0.388 e. The third kappa shape index (κ3) is 2.98. The zero-order valence-corrected chi connectivity index (χ0v) is 16.0. The standard InChI is InChI=1S/C19H25N3O3S/c1-13(23)21-18(2)9-12-25-19(16(18)24)7-10-22(11-8-19)17-20-14-5-3-4-6-15(14)26-17/h3-6,16,24H,7-12H2,1-2H3,(H,21,23)/t16-,18+/m1/s1. The summed E-state index contributed by atoms with van der Waals surface area (Å²) < 4.78 is 7.28. The van der Waals surface area contributed by atoms with Crippen LogP contribution in [-0.2, 0) is 9.53 Å². The molecule has 2 saturated heterocycles. The summed E-state index contributed by atoms with van der Waals surface area (Å²) in [6, 6.07) is 8.17. The summed E-state index contributed by atoms with van der Waals surface area (Å²) in [4.78, 5) is 18.6. The summed E-state index contributed by atoms with van der Waals surface area (Å²) in [5.41, 5.74) is -0.204. The van der Waals surface area contributed by atoms with Crippen molar-refractivity contribution in [3.63, 3.8) is 0 Å². The Kier molecular flexibility index (Phi) is 4.41. The molecular weight excluding hydrogens is 350 g/mol. The van der Waals surface area contributed by atoms with Gasteiger partial charge in [0.1, 0.15) is 6.10 Å². The molecule has 6 nitrogen and oxygen atoms in total. The molecule has 2 aliphatic rings. The summed E-state index contributed by atoms with van der Waals surface area (Å²) in [5.74, 6) is -0.115. The molecule has 2 atom stereocenters. The lowest BCUT2D eigenvalue weighted by molar-refractivity contribution is -0.198. The highest BCUT2D eigenvalue weighted by Gasteiger charge is 2.53.